The van der Waals surface area contributed by atoms with Crippen LogP contribution in [0.5, 0.6) is 5.88 Å². The molecule has 0 fully saturated rings. The molecule has 0 aliphatic heterocycles. The molecule has 10 heteroatoms. The minimum absolute atomic E-state index is 0.258. The zero-order valence-electron chi connectivity index (χ0n) is 10.2. The monoisotopic (exact) mass is 411 g/mol. The van der Waals surface area contributed by atoms with Crippen LogP contribution in [-0.4, -0.2) is 23.5 Å². The van der Waals surface area contributed by atoms with Crippen molar-refractivity contribution in [1.29, 1.82) is 0 Å². The van der Waals surface area contributed by atoms with Gasteiger partial charge in [0.2, 0.25) is 15.8 Å². The number of rotatable bonds is 4. The minimum Gasteiger partial charge on any atom is -0.491 e. The number of benzene rings is 1. The summed E-state index contributed by atoms with van der Waals surface area (Å²) in [4.78, 5) is 7.37. The Kier molecular flexibility index (Phi) is 4.92. The van der Waals surface area contributed by atoms with Gasteiger partial charge >= 0.3 is 0 Å². The Morgan fingerprint density at radius 1 is 1.24 bits per heavy atom. The molecule has 0 amide bonds. The number of aromatic hydroxyl groups is 1. The first-order valence-corrected chi connectivity index (χ1v) is 8.62. The second-order valence-corrected chi connectivity index (χ2v) is 7.41. The van der Waals surface area contributed by atoms with Crippen molar-refractivity contribution in [3.05, 3.63) is 44.6 Å². The van der Waals surface area contributed by atoms with Crippen LogP contribution in [0.2, 0.25) is 10.0 Å². The molecule has 0 aliphatic carbocycles. The second kappa shape index (κ2) is 6.35. The first kappa shape index (κ1) is 16.3. The van der Waals surface area contributed by atoms with Gasteiger partial charge in [-0.3, -0.25) is 4.72 Å². The summed E-state index contributed by atoms with van der Waals surface area (Å²) >= 11 is 14.6. The molecule has 0 saturated heterocycles. The summed E-state index contributed by atoms with van der Waals surface area (Å²) in [5.74, 6) is -1.16. The molecule has 6 nitrogen and oxygen atoms in total. The number of aromatic nitrogens is 2. The first-order chi connectivity index (χ1) is 9.75. The lowest BCUT2D eigenvalue weighted by atomic mass is 10.2. The third-order valence-corrected chi connectivity index (χ3v) is 4.29. The molecule has 0 bridgehead atoms. The Balaban J connectivity index is 2.22. The number of nitrogens with one attached hydrogen (secondary N) is 1. The third kappa shape index (κ3) is 4.70. The van der Waals surface area contributed by atoms with E-state index in [-0.39, 0.29) is 16.2 Å². The molecular formula is C11H8BrCl2N3O3S. The number of halogens is 3. The first-order valence-electron chi connectivity index (χ1n) is 5.42. The van der Waals surface area contributed by atoms with E-state index in [0.717, 1.165) is 0 Å². The van der Waals surface area contributed by atoms with Gasteiger partial charge in [-0.2, -0.15) is 0 Å². The van der Waals surface area contributed by atoms with Gasteiger partial charge in [-0.1, -0.05) is 23.2 Å². The van der Waals surface area contributed by atoms with E-state index in [1.807, 2.05) is 0 Å². The van der Waals surface area contributed by atoms with E-state index in [9.17, 15) is 13.5 Å². The highest BCUT2D eigenvalue weighted by atomic mass is 79.9. The van der Waals surface area contributed by atoms with Crippen LogP contribution in [0.4, 0.5) is 5.82 Å². The summed E-state index contributed by atoms with van der Waals surface area (Å²) < 4.78 is 26.5. The Hall–Kier alpha value is -1.09. The Bertz CT molecular complexity index is 766. The fourth-order valence-electron chi connectivity index (χ4n) is 1.53. The van der Waals surface area contributed by atoms with Crippen molar-refractivity contribution in [3.63, 3.8) is 0 Å². The SMILES string of the molecule is O=S(=O)(Cc1cc(Cl)cc(Cl)c1)Nc1ncc(Br)nc1O. The van der Waals surface area contributed by atoms with E-state index < -0.39 is 15.9 Å². The van der Waals surface area contributed by atoms with Crippen LogP contribution in [-0.2, 0) is 15.8 Å². The topological polar surface area (TPSA) is 92.2 Å². The zero-order chi connectivity index (χ0) is 15.6. The van der Waals surface area contributed by atoms with Crippen LogP contribution >= 0.6 is 39.1 Å². The maximum absolute atomic E-state index is 12.0. The van der Waals surface area contributed by atoms with Gasteiger partial charge in [0.15, 0.2) is 0 Å². The second-order valence-electron chi connectivity index (χ2n) is 4.00. The van der Waals surface area contributed by atoms with Crippen molar-refractivity contribution in [2.24, 2.45) is 0 Å². The quantitative estimate of drug-likeness (QED) is 0.804. The predicted octanol–water partition coefficient (Wildman–Crippen LogP) is 3.19. The largest absolute Gasteiger partial charge is 0.491 e. The van der Waals surface area contributed by atoms with Crippen molar-refractivity contribution in [3.8, 4) is 5.88 Å². The Morgan fingerprint density at radius 3 is 2.43 bits per heavy atom. The molecule has 0 aliphatic rings. The smallest absolute Gasteiger partial charge is 0.257 e. The molecular weight excluding hydrogens is 405 g/mol. The van der Waals surface area contributed by atoms with E-state index in [1.165, 1.54) is 24.4 Å². The van der Waals surface area contributed by atoms with Crippen LogP contribution in [0.1, 0.15) is 5.56 Å². The number of nitrogens with zero attached hydrogens (tertiary/aromatic N) is 2. The molecule has 2 rings (SSSR count). The Labute approximate surface area is 139 Å². The molecule has 1 heterocycles. The van der Waals surface area contributed by atoms with Crippen LogP contribution in [0, 0.1) is 0 Å². The zero-order valence-corrected chi connectivity index (χ0v) is 14.1. The van der Waals surface area contributed by atoms with Gasteiger partial charge in [0.05, 0.1) is 11.9 Å². The summed E-state index contributed by atoms with van der Waals surface area (Å²) in [5, 5.41) is 10.2. The summed E-state index contributed by atoms with van der Waals surface area (Å²) in [6.07, 6.45) is 1.26. The van der Waals surface area contributed by atoms with Crippen molar-refractivity contribution < 1.29 is 13.5 Å². The van der Waals surface area contributed by atoms with Gasteiger partial charge in [0, 0.05) is 10.0 Å². The van der Waals surface area contributed by atoms with E-state index in [4.69, 9.17) is 23.2 Å². The van der Waals surface area contributed by atoms with Crippen molar-refractivity contribution in [1.82, 2.24) is 9.97 Å². The van der Waals surface area contributed by atoms with Gasteiger partial charge < -0.3 is 5.11 Å². The standard InChI is InChI=1S/C11H8BrCl2N3O3S/c12-9-4-15-10(11(18)16-9)17-21(19,20)5-6-1-7(13)3-8(14)2-6/h1-4H,5H2,(H,15,17)(H,16,18). The van der Waals surface area contributed by atoms with Crippen LogP contribution in [0.15, 0.2) is 29.0 Å². The average Bonchev–Trinajstić information content (AvgIpc) is 2.30. The van der Waals surface area contributed by atoms with E-state index in [0.29, 0.717) is 15.6 Å². The maximum atomic E-state index is 12.0. The molecule has 0 spiro atoms. The fourth-order valence-corrected chi connectivity index (χ4v) is 3.49. The lowest BCUT2D eigenvalue weighted by molar-refractivity contribution is 0.452. The molecule has 1 aromatic heterocycles. The summed E-state index contributed by atoms with van der Waals surface area (Å²) in [6.45, 7) is 0. The van der Waals surface area contributed by atoms with Crippen LogP contribution < -0.4 is 4.72 Å². The predicted molar refractivity (Wildman–Crippen MR) is 84.1 cm³/mol. The van der Waals surface area contributed by atoms with Gasteiger partial charge in [0.25, 0.3) is 5.88 Å². The van der Waals surface area contributed by atoms with Crippen LogP contribution in [0.3, 0.4) is 0 Å². The van der Waals surface area contributed by atoms with Gasteiger partial charge in [-0.15, -0.1) is 0 Å². The highest BCUT2D eigenvalue weighted by Gasteiger charge is 2.16. The highest BCUT2D eigenvalue weighted by molar-refractivity contribution is 9.10. The number of hydrogen-bond acceptors (Lipinski definition) is 5. The molecule has 0 radical (unpaired) electrons. The number of sulfonamides is 1. The third-order valence-electron chi connectivity index (χ3n) is 2.26. The highest BCUT2D eigenvalue weighted by Crippen LogP contribution is 2.23. The van der Waals surface area contributed by atoms with E-state index >= 15 is 0 Å². The van der Waals surface area contributed by atoms with Crippen LogP contribution in [0.25, 0.3) is 0 Å². The van der Waals surface area contributed by atoms with E-state index in [2.05, 4.69) is 30.6 Å². The lowest BCUT2D eigenvalue weighted by Gasteiger charge is -2.09. The number of hydrogen-bond donors (Lipinski definition) is 2. The Morgan fingerprint density at radius 2 is 1.86 bits per heavy atom. The van der Waals surface area contributed by atoms with Crippen molar-refractivity contribution in [2.45, 2.75) is 5.75 Å². The van der Waals surface area contributed by atoms with Gasteiger partial charge in [-0.05, 0) is 39.7 Å². The molecule has 0 unspecified atom stereocenters. The average molecular weight is 413 g/mol. The fraction of sp³-hybridized carbons (Fsp3) is 0.0909. The maximum Gasteiger partial charge on any atom is 0.257 e. The van der Waals surface area contributed by atoms with Gasteiger partial charge in [0.1, 0.15) is 4.60 Å². The number of anilines is 1. The van der Waals surface area contributed by atoms with Crippen molar-refractivity contribution in [2.75, 3.05) is 4.72 Å². The molecule has 1 aromatic carbocycles. The molecule has 2 aromatic rings. The molecule has 0 atom stereocenters. The van der Waals surface area contributed by atoms with Crippen molar-refractivity contribution >= 4 is 55.0 Å². The minimum atomic E-state index is -3.80. The molecule has 112 valence electrons. The molecule has 0 saturated carbocycles. The summed E-state index contributed by atoms with van der Waals surface area (Å²) in [7, 11) is -3.80. The summed E-state index contributed by atoms with van der Waals surface area (Å²) in [5.41, 5.74) is 0.407. The molecule has 2 N–H and O–H groups in total. The molecule has 21 heavy (non-hydrogen) atoms. The van der Waals surface area contributed by atoms with Gasteiger partial charge in [-0.25, -0.2) is 18.4 Å². The van der Waals surface area contributed by atoms with E-state index in [1.54, 1.807) is 0 Å². The lowest BCUT2D eigenvalue weighted by Crippen LogP contribution is -2.16. The summed E-state index contributed by atoms with van der Waals surface area (Å²) in [6, 6.07) is 4.47. The normalized spacial score (nSPS) is 11.4.